The Hall–Kier alpha value is -4.36. The zero-order valence-corrected chi connectivity index (χ0v) is 23.1. The fourth-order valence-corrected chi connectivity index (χ4v) is 5.49. The minimum absolute atomic E-state index is 0.0155. The summed E-state index contributed by atoms with van der Waals surface area (Å²) in [7, 11) is 0. The van der Waals surface area contributed by atoms with Gasteiger partial charge in [-0.15, -0.1) is 11.3 Å². The number of carbonyl (C=O) groups excluding carboxylic acids is 2. The van der Waals surface area contributed by atoms with Crippen LogP contribution >= 0.6 is 22.9 Å². The fraction of sp³-hybridized carbons (Fsp3) is 0.185. The molecule has 0 saturated heterocycles. The lowest BCUT2D eigenvalue weighted by Gasteiger charge is -2.10. The molecule has 2 amide bonds. The number of thiophene rings is 1. The number of furan rings is 1. The third kappa shape index (κ3) is 5.50. The Morgan fingerprint density at radius 1 is 1.22 bits per heavy atom. The molecule has 0 bridgehead atoms. The van der Waals surface area contributed by atoms with Gasteiger partial charge in [0, 0.05) is 23.2 Å². The van der Waals surface area contributed by atoms with Crippen LogP contribution in [0.1, 0.15) is 50.7 Å². The predicted octanol–water partition coefficient (Wildman–Crippen LogP) is 6.74. The molecule has 41 heavy (non-hydrogen) atoms. The monoisotopic (exact) mass is 603 g/mol. The van der Waals surface area contributed by atoms with Gasteiger partial charge >= 0.3 is 0 Å². The Morgan fingerprint density at radius 3 is 2.66 bits per heavy atom. The lowest BCUT2D eigenvalue weighted by Crippen LogP contribution is -2.16. The Bertz CT molecular complexity index is 1800. The maximum Gasteiger partial charge on any atom is 0.291 e. The van der Waals surface area contributed by atoms with Crippen LogP contribution < -0.4 is 15.8 Å². The minimum Gasteiger partial charge on any atom is -0.484 e. The summed E-state index contributed by atoms with van der Waals surface area (Å²) in [5.74, 6) is -1.78. The third-order valence-electron chi connectivity index (χ3n) is 6.21. The normalized spacial score (nSPS) is 11.4. The molecule has 0 aliphatic heterocycles. The number of aryl methyl sites for hydroxylation is 1. The number of ether oxygens (including phenoxy) is 1. The quantitative estimate of drug-likeness (QED) is 0.192. The standard InChI is InChI=1S/C27H21ClF3N5O4S/c1-3-36-12(2)16(10-33-36)15-9-18(24(30)31)34-27-21(15)22(23(41-27)25(32)37)35-26(38)20-7-5-14(40-20)11-39-19-6-4-13(29)8-17(19)28/h4-10,24H,3,11H2,1-2H3,(H2,32,37)(H,35,38). The fourth-order valence-electron chi connectivity index (χ4n) is 4.26. The molecule has 5 aromatic rings. The van der Waals surface area contributed by atoms with Crippen LogP contribution in [0.15, 0.2) is 47.0 Å². The number of carbonyl (C=O) groups is 2. The van der Waals surface area contributed by atoms with E-state index in [4.69, 9.17) is 26.5 Å². The van der Waals surface area contributed by atoms with Crippen molar-refractivity contribution in [3.63, 3.8) is 0 Å². The maximum absolute atomic E-state index is 13.8. The van der Waals surface area contributed by atoms with E-state index in [1.54, 1.807) is 11.6 Å². The van der Waals surface area contributed by atoms with Crippen molar-refractivity contribution < 1.29 is 31.9 Å². The van der Waals surface area contributed by atoms with E-state index < -0.39 is 29.8 Å². The van der Waals surface area contributed by atoms with Gasteiger partial charge in [0.15, 0.2) is 5.76 Å². The van der Waals surface area contributed by atoms with Crippen molar-refractivity contribution in [2.24, 2.45) is 5.73 Å². The van der Waals surface area contributed by atoms with Crippen molar-refractivity contribution in [2.75, 3.05) is 5.32 Å². The van der Waals surface area contributed by atoms with Gasteiger partial charge in [-0.3, -0.25) is 14.3 Å². The summed E-state index contributed by atoms with van der Waals surface area (Å²) >= 11 is 6.76. The van der Waals surface area contributed by atoms with Crippen molar-refractivity contribution in [3.05, 3.63) is 81.2 Å². The summed E-state index contributed by atoms with van der Waals surface area (Å²) in [6, 6.07) is 7.75. The summed E-state index contributed by atoms with van der Waals surface area (Å²) in [6.45, 7) is 4.09. The molecule has 0 saturated carbocycles. The number of nitrogens with two attached hydrogens (primary N) is 1. The predicted molar refractivity (Wildman–Crippen MR) is 147 cm³/mol. The molecular formula is C27H21ClF3N5O4S. The second-order valence-corrected chi connectivity index (χ2v) is 10.2. The van der Waals surface area contributed by atoms with E-state index in [-0.39, 0.29) is 49.7 Å². The van der Waals surface area contributed by atoms with Crippen molar-refractivity contribution in [1.29, 1.82) is 0 Å². The van der Waals surface area contributed by atoms with E-state index in [9.17, 15) is 22.8 Å². The van der Waals surface area contributed by atoms with E-state index in [0.717, 1.165) is 17.4 Å². The SMILES string of the molecule is CCn1ncc(-c2cc(C(F)F)nc3sc(C(N)=O)c(NC(=O)c4ccc(COc5ccc(F)cc5Cl)o4)c23)c1C. The van der Waals surface area contributed by atoms with E-state index >= 15 is 0 Å². The average Bonchev–Trinajstić information content (AvgIpc) is 3.65. The van der Waals surface area contributed by atoms with Crippen molar-refractivity contribution in [1.82, 2.24) is 14.8 Å². The van der Waals surface area contributed by atoms with Crippen molar-refractivity contribution >= 4 is 50.7 Å². The molecule has 4 aromatic heterocycles. The largest absolute Gasteiger partial charge is 0.484 e. The van der Waals surface area contributed by atoms with Crippen LogP contribution in [0.2, 0.25) is 5.02 Å². The molecule has 212 valence electrons. The number of primary amides is 1. The second-order valence-electron chi connectivity index (χ2n) is 8.79. The van der Waals surface area contributed by atoms with Crippen molar-refractivity contribution in [2.45, 2.75) is 33.4 Å². The van der Waals surface area contributed by atoms with Gasteiger partial charge in [-0.25, -0.2) is 18.2 Å². The Balaban J connectivity index is 1.51. The van der Waals surface area contributed by atoms with Crippen LogP contribution in [-0.2, 0) is 13.2 Å². The zero-order valence-electron chi connectivity index (χ0n) is 21.5. The third-order valence-corrected chi connectivity index (χ3v) is 7.60. The number of fused-ring (bicyclic) bond motifs is 1. The van der Waals surface area contributed by atoms with Gasteiger partial charge in [0.1, 0.15) is 39.3 Å². The van der Waals surface area contributed by atoms with Gasteiger partial charge in [-0.2, -0.15) is 5.10 Å². The van der Waals surface area contributed by atoms with Crippen LogP contribution in [0.3, 0.4) is 0 Å². The minimum atomic E-state index is -2.88. The first-order valence-corrected chi connectivity index (χ1v) is 13.3. The van der Waals surface area contributed by atoms with Crippen LogP contribution in [0.4, 0.5) is 18.9 Å². The first-order chi connectivity index (χ1) is 19.6. The number of alkyl halides is 2. The van der Waals surface area contributed by atoms with Gasteiger partial charge < -0.3 is 20.2 Å². The number of halogens is 4. The highest BCUT2D eigenvalue weighted by Crippen LogP contribution is 2.43. The molecular weight excluding hydrogens is 583 g/mol. The summed E-state index contributed by atoms with van der Waals surface area (Å²) < 4.78 is 53.7. The molecule has 0 aliphatic carbocycles. The highest BCUT2D eigenvalue weighted by molar-refractivity contribution is 7.21. The number of benzene rings is 1. The number of nitrogens with zero attached hydrogens (tertiary/aromatic N) is 3. The summed E-state index contributed by atoms with van der Waals surface area (Å²) in [5.41, 5.74) is 6.66. The number of amides is 2. The number of rotatable bonds is 9. The van der Waals surface area contributed by atoms with Crippen molar-refractivity contribution in [3.8, 4) is 16.9 Å². The topological polar surface area (TPSA) is 125 Å². The van der Waals surface area contributed by atoms with Crippen LogP contribution in [0, 0.1) is 12.7 Å². The van der Waals surface area contributed by atoms with Gasteiger partial charge in [-0.1, -0.05) is 11.6 Å². The Morgan fingerprint density at radius 2 is 2.00 bits per heavy atom. The lowest BCUT2D eigenvalue weighted by atomic mass is 10.0. The van der Waals surface area contributed by atoms with Gasteiger partial charge in [0.25, 0.3) is 18.2 Å². The highest BCUT2D eigenvalue weighted by atomic mass is 35.5. The van der Waals surface area contributed by atoms with Crippen LogP contribution in [0.5, 0.6) is 5.75 Å². The number of nitrogens with one attached hydrogen (secondary N) is 1. The zero-order chi connectivity index (χ0) is 29.4. The molecule has 4 heterocycles. The molecule has 3 N–H and O–H groups in total. The lowest BCUT2D eigenvalue weighted by molar-refractivity contribution is 0.0992. The number of hydrogen-bond acceptors (Lipinski definition) is 7. The van der Waals surface area contributed by atoms with Crippen LogP contribution in [0.25, 0.3) is 21.3 Å². The molecule has 9 nitrogen and oxygen atoms in total. The molecule has 0 fully saturated rings. The summed E-state index contributed by atoms with van der Waals surface area (Å²) in [6.07, 6.45) is -1.35. The first kappa shape index (κ1) is 28.2. The molecule has 0 radical (unpaired) electrons. The Kier molecular flexibility index (Phi) is 7.74. The number of anilines is 1. The Labute approximate surface area is 239 Å². The summed E-state index contributed by atoms with van der Waals surface area (Å²) in [4.78, 5) is 29.7. The van der Waals surface area contributed by atoms with Gasteiger partial charge in [-0.05, 0) is 55.8 Å². The van der Waals surface area contributed by atoms with Gasteiger partial charge in [0.2, 0.25) is 0 Å². The van der Waals surface area contributed by atoms with E-state index in [1.165, 1.54) is 36.5 Å². The number of aromatic nitrogens is 3. The summed E-state index contributed by atoms with van der Waals surface area (Å²) in [5, 5.41) is 7.29. The second kappa shape index (κ2) is 11.3. The van der Waals surface area contributed by atoms with Gasteiger partial charge in [0.05, 0.1) is 16.9 Å². The molecule has 0 unspecified atom stereocenters. The molecule has 0 atom stereocenters. The molecule has 0 aliphatic rings. The highest BCUT2D eigenvalue weighted by Gasteiger charge is 2.27. The number of pyridine rings is 1. The average molecular weight is 604 g/mol. The van der Waals surface area contributed by atoms with Crippen LogP contribution in [-0.4, -0.2) is 26.6 Å². The molecule has 1 aromatic carbocycles. The van der Waals surface area contributed by atoms with E-state index in [2.05, 4.69) is 15.4 Å². The molecule has 5 rings (SSSR count). The molecule has 0 spiro atoms. The molecule has 14 heteroatoms. The smallest absolute Gasteiger partial charge is 0.291 e. The number of hydrogen-bond donors (Lipinski definition) is 2. The first-order valence-electron chi connectivity index (χ1n) is 12.1. The van der Waals surface area contributed by atoms with E-state index in [0.29, 0.717) is 23.4 Å². The maximum atomic E-state index is 13.8. The van der Waals surface area contributed by atoms with E-state index in [1.807, 2.05) is 6.92 Å².